The first kappa shape index (κ1) is 18.1. The molecule has 124 valence electrons. The van der Waals surface area contributed by atoms with Gasteiger partial charge in [-0.3, -0.25) is 0 Å². The zero-order valence-corrected chi connectivity index (χ0v) is 16.1. The van der Waals surface area contributed by atoms with Crippen LogP contribution >= 0.6 is 7.56 Å². The van der Waals surface area contributed by atoms with E-state index >= 15 is 0 Å². The van der Waals surface area contributed by atoms with Crippen LogP contribution in [-0.2, 0) is 0 Å². The second-order valence-electron chi connectivity index (χ2n) is 8.07. The molecule has 0 saturated carbocycles. The summed E-state index contributed by atoms with van der Waals surface area (Å²) >= 11 is 0. The van der Waals surface area contributed by atoms with E-state index in [4.69, 9.17) is 0 Å². The summed E-state index contributed by atoms with van der Waals surface area (Å²) in [6.45, 7) is 13.4. The Morgan fingerprint density at radius 2 is 0.870 bits per heavy atom. The van der Waals surface area contributed by atoms with E-state index in [2.05, 4.69) is 112 Å². The van der Waals surface area contributed by atoms with Gasteiger partial charge in [0.2, 0.25) is 7.56 Å². The van der Waals surface area contributed by atoms with Crippen molar-refractivity contribution < 1.29 is 0 Å². The predicted octanol–water partition coefficient (Wildman–Crippen LogP) is 4.26. The van der Waals surface area contributed by atoms with Crippen molar-refractivity contribution in [1.29, 1.82) is 0 Å². The molecule has 0 fully saturated rings. The van der Waals surface area contributed by atoms with Crippen LogP contribution in [-0.4, -0.2) is 11.1 Å². The summed E-state index contributed by atoms with van der Waals surface area (Å²) in [7, 11) is -1.94. The van der Waals surface area contributed by atoms with Crippen molar-refractivity contribution in [1.82, 2.24) is 10.2 Å². The molecule has 0 radical (unpaired) electrons. The molecule has 0 heterocycles. The van der Waals surface area contributed by atoms with Gasteiger partial charge >= 0.3 is 0 Å². The third kappa shape index (κ3) is 4.88. The SMILES string of the molecule is CC(C)(C)N[P+](NC(C)(C)C)(c1ccccc1)c1ccccc1. The maximum absolute atomic E-state index is 3.96. The van der Waals surface area contributed by atoms with E-state index in [0.29, 0.717) is 0 Å². The lowest BCUT2D eigenvalue weighted by molar-refractivity contribution is 0.493. The van der Waals surface area contributed by atoms with E-state index in [1.807, 2.05) is 0 Å². The summed E-state index contributed by atoms with van der Waals surface area (Å²) in [4.78, 5) is 0. The van der Waals surface area contributed by atoms with Crippen molar-refractivity contribution in [2.45, 2.75) is 52.6 Å². The minimum absolute atomic E-state index is 0.00227. The van der Waals surface area contributed by atoms with Gasteiger partial charge in [0, 0.05) is 11.1 Å². The van der Waals surface area contributed by atoms with Gasteiger partial charge in [-0.25, -0.2) is 0 Å². The molecule has 0 aliphatic rings. The standard InChI is InChI=1S/C20H30N2P/c1-19(2,3)21-23(22-20(4,5)6,17-13-9-7-10-14-17)18-15-11-8-12-16-18/h7-16,21-22H,1-6H3/q+1. The number of hydrogen-bond donors (Lipinski definition) is 2. The number of benzene rings is 2. The monoisotopic (exact) mass is 329 g/mol. The summed E-state index contributed by atoms with van der Waals surface area (Å²) in [5, 5.41) is 10.6. The maximum atomic E-state index is 3.96. The minimum atomic E-state index is -1.94. The minimum Gasteiger partial charge on any atom is -0.162 e. The van der Waals surface area contributed by atoms with Gasteiger partial charge in [0.05, 0.1) is 0 Å². The molecular formula is C20H30N2P+. The molecule has 0 aliphatic carbocycles. The lowest BCUT2D eigenvalue weighted by Crippen LogP contribution is -2.53. The summed E-state index contributed by atoms with van der Waals surface area (Å²) in [5.74, 6) is 0. The van der Waals surface area contributed by atoms with Crippen LogP contribution in [0.2, 0.25) is 0 Å². The quantitative estimate of drug-likeness (QED) is 0.819. The molecule has 0 saturated heterocycles. The highest BCUT2D eigenvalue weighted by atomic mass is 31.2. The molecule has 2 aromatic carbocycles. The first-order valence-electron chi connectivity index (χ1n) is 8.22. The summed E-state index contributed by atoms with van der Waals surface area (Å²) in [6, 6.07) is 21.6. The van der Waals surface area contributed by atoms with Crippen molar-refractivity contribution in [3.63, 3.8) is 0 Å². The number of rotatable bonds is 4. The Morgan fingerprint density at radius 1 is 0.565 bits per heavy atom. The Labute approximate surface area is 142 Å². The van der Waals surface area contributed by atoms with Crippen LogP contribution in [0, 0.1) is 0 Å². The molecule has 0 atom stereocenters. The fraction of sp³-hybridized carbons (Fsp3) is 0.400. The maximum Gasteiger partial charge on any atom is 0.214 e. The summed E-state index contributed by atoms with van der Waals surface area (Å²) in [6.07, 6.45) is 0. The van der Waals surface area contributed by atoms with Crippen LogP contribution in [0.25, 0.3) is 0 Å². The van der Waals surface area contributed by atoms with Crippen LogP contribution in [0.5, 0.6) is 0 Å². The average molecular weight is 329 g/mol. The van der Waals surface area contributed by atoms with Gasteiger partial charge in [0.15, 0.2) is 0 Å². The molecule has 3 heteroatoms. The van der Waals surface area contributed by atoms with E-state index in [9.17, 15) is 0 Å². The van der Waals surface area contributed by atoms with E-state index in [0.717, 1.165) is 0 Å². The normalized spacial score (nSPS) is 13.1. The number of hydrogen-bond acceptors (Lipinski definition) is 2. The Hall–Kier alpha value is -1.21. The van der Waals surface area contributed by atoms with Crippen LogP contribution < -0.4 is 20.8 Å². The van der Waals surface area contributed by atoms with E-state index < -0.39 is 7.56 Å². The van der Waals surface area contributed by atoms with Crippen molar-refractivity contribution in [3.05, 3.63) is 60.7 Å². The molecule has 2 rings (SSSR count). The molecule has 0 unspecified atom stereocenters. The molecule has 0 bridgehead atoms. The molecular weight excluding hydrogens is 299 g/mol. The van der Waals surface area contributed by atoms with E-state index in [1.54, 1.807) is 0 Å². The zero-order chi connectivity index (χ0) is 17.1. The van der Waals surface area contributed by atoms with Crippen molar-refractivity contribution in [2.24, 2.45) is 0 Å². The Kier molecular flexibility index (Phi) is 5.30. The van der Waals surface area contributed by atoms with Crippen LogP contribution in [0.4, 0.5) is 0 Å². The van der Waals surface area contributed by atoms with Crippen LogP contribution in [0.1, 0.15) is 41.5 Å². The first-order chi connectivity index (χ1) is 10.6. The summed E-state index contributed by atoms with van der Waals surface area (Å²) in [5.41, 5.74) is -0.00454. The molecule has 0 aromatic heterocycles. The Balaban J connectivity index is 2.68. The van der Waals surface area contributed by atoms with E-state index in [1.165, 1.54) is 10.6 Å². The molecule has 0 spiro atoms. The van der Waals surface area contributed by atoms with Gasteiger partial charge < -0.3 is 0 Å². The lowest BCUT2D eigenvalue weighted by Gasteiger charge is -2.37. The highest BCUT2D eigenvalue weighted by molar-refractivity contribution is 7.86. The van der Waals surface area contributed by atoms with Gasteiger partial charge in [-0.1, -0.05) is 36.4 Å². The van der Waals surface area contributed by atoms with Crippen molar-refractivity contribution in [2.75, 3.05) is 0 Å². The second kappa shape index (κ2) is 6.73. The van der Waals surface area contributed by atoms with Gasteiger partial charge in [-0.05, 0) is 65.8 Å². The van der Waals surface area contributed by atoms with Gasteiger partial charge in [0.1, 0.15) is 10.6 Å². The van der Waals surface area contributed by atoms with Crippen LogP contribution in [0.3, 0.4) is 0 Å². The highest BCUT2D eigenvalue weighted by Crippen LogP contribution is 2.51. The smallest absolute Gasteiger partial charge is 0.162 e. The van der Waals surface area contributed by atoms with Gasteiger partial charge in [-0.2, -0.15) is 10.2 Å². The van der Waals surface area contributed by atoms with Crippen LogP contribution in [0.15, 0.2) is 60.7 Å². The van der Waals surface area contributed by atoms with Gasteiger partial charge in [-0.15, -0.1) is 0 Å². The topological polar surface area (TPSA) is 24.1 Å². The third-order valence-corrected chi connectivity index (χ3v) is 7.45. The lowest BCUT2D eigenvalue weighted by atomic mass is 10.1. The van der Waals surface area contributed by atoms with E-state index in [-0.39, 0.29) is 11.1 Å². The number of nitrogens with one attached hydrogen (secondary N) is 2. The van der Waals surface area contributed by atoms with Gasteiger partial charge in [0.25, 0.3) is 0 Å². The average Bonchev–Trinajstić information content (AvgIpc) is 2.45. The Morgan fingerprint density at radius 3 is 1.13 bits per heavy atom. The fourth-order valence-corrected chi connectivity index (χ4v) is 6.87. The molecule has 0 amide bonds. The molecule has 23 heavy (non-hydrogen) atoms. The highest BCUT2D eigenvalue weighted by Gasteiger charge is 2.48. The Bertz CT molecular complexity index is 552. The zero-order valence-electron chi connectivity index (χ0n) is 15.2. The molecule has 2 aromatic rings. The second-order valence-corrected chi connectivity index (χ2v) is 10.9. The summed E-state index contributed by atoms with van der Waals surface area (Å²) < 4.78 is 0. The predicted molar refractivity (Wildman–Crippen MR) is 105 cm³/mol. The van der Waals surface area contributed by atoms with Crippen molar-refractivity contribution in [3.8, 4) is 0 Å². The third-order valence-electron chi connectivity index (χ3n) is 3.29. The molecule has 2 nitrogen and oxygen atoms in total. The molecule has 0 aliphatic heterocycles. The fourth-order valence-electron chi connectivity index (χ4n) is 2.74. The largest absolute Gasteiger partial charge is 0.214 e. The first-order valence-corrected chi connectivity index (χ1v) is 10.0. The molecule has 2 N–H and O–H groups in total. The van der Waals surface area contributed by atoms with Crippen molar-refractivity contribution >= 4 is 18.2 Å².